The molecule has 2 rings (SSSR count). The zero-order chi connectivity index (χ0) is 14.4. The largest absolute Gasteiger partial charge is 0.481 e. The highest BCUT2D eigenvalue weighted by Gasteiger charge is 2.13. The molecule has 7 nitrogen and oxygen atoms in total. The van der Waals surface area contributed by atoms with Crippen LogP contribution in [0.3, 0.4) is 0 Å². The van der Waals surface area contributed by atoms with Crippen molar-refractivity contribution >= 4 is 5.97 Å². The van der Waals surface area contributed by atoms with Crippen LogP contribution in [0, 0.1) is 5.92 Å². The summed E-state index contributed by atoms with van der Waals surface area (Å²) in [5.74, 6) is -0.414. The van der Waals surface area contributed by atoms with Gasteiger partial charge in [0, 0.05) is 25.4 Å². The first-order valence-corrected chi connectivity index (χ1v) is 6.53. The molecule has 106 valence electrons. The van der Waals surface area contributed by atoms with Crippen LogP contribution in [0.1, 0.15) is 24.7 Å². The summed E-state index contributed by atoms with van der Waals surface area (Å²) in [7, 11) is 0. The Morgan fingerprint density at radius 3 is 2.80 bits per heavy atom. The minimum absolute atomic E-state index is 0.396. The molecule has 0 saturated carbocycles. The molecule has 0 saturated heterocycles. The van der Waals surface area contributed by atoms with Crippen LogP contribution in [0.25, 0.3) is 0 Å². The van der Waals surface area contributed by atoms with Crippen LogP contribution in [0.4, 0.5) is 0 Å². The van der Waals surface area contributed by atoms with Gasteiger partial charge in [-0.05, 0) is 41.0 Å². The van der Waals surface area contributed by atoms with E-state index in [0.717, 1.165) is 18.7 Å². The van der Waals surface area contributed by atoms with Gasteiger partial charge in [0.15, 0.2) is 5.82 Å². The van der Waals surface area contributed by atoms with E-state index in [1.807, 2.05) is 12.1 Å². The van der Waals surface area contributed by atoms with Crippen LogP contribution in [-0.2, 0) is 24.2 Å². The third kappa shape index (κ3) is 3.84. The average Bonchev–Trinajstić information content (AvgIpc) is 2.91. The molecule has 0 aliphatic rings. The summed E-state index contributed by atoms with van der Waals surface area (Å²) < 4.78 is 1.68. The van der Waals surface area contributed by atoms with Crippen molar-refractivity contribution in [1.29, 1.82) is 0 Å². The topological polar surface area (TPSA) is 93.8 Å². The standard InChI is InChI=1S/C13H17N5O2/c1-10(13(19)20)6-9-18-12(15-16-17-18)3-2-11-4-7-14-8-5-11/h4-5,7-8,10H,2-3,6,9H2,1H3,(H,19,20). The van der Waals surface area contributed by atoms with Crippen LogP contribution >= 0.6 is 0 Å². The lowest BCUT2D eigenvalue weighted by Crippen LogP contribution is -2.15. The molecule has 0 spiro atoms. The van der Waals surface area contributed by atoms with Crippen molar-refractivity contribution in [3.8, 4) is 0 Å². The average molecular weight is 275 g/mol. The second kappa shape index (κ2) is 6.74. The summed E-state index contributed by atoms with van der Waals surface area (Å²) >= 11 is 0. The molecular formula is C13H17N5O2. The van der Waals surface area contributed by atoms with Crippen LogP contribution in [0.2, 0.25) is 0 Å². The maximum atomic E-state index is 10.8. The van der Waals surface area contributed by atoms with E-state index in [0.29, 0.717) is 13.0 Å². The fourth-order valence-electron chi connectivity index (χ4n) is 1.82. The van der Waals surface area contributed by atoms with Crippen molar-refractivity contribution in [1.82, 2.24) is 25.2 Å². The van der Waals surface area contributed by atoms with Gasteiger partial charge in [0.25, 0.3) is 0 Å². The van der Waals surface area contributed by atoms with Gasteiger partial charge in [0.05, 0.1) is 5.92 Å². The van der Waals surface area contributed by atoms with Crippen molar-refractivity contribution in [2.75, 3.05) is 0 Å². The molecule has 0 aliphatic carbocycles. The summed E-state index contributed by atoms with van der Waals surface area (Å²) in [4.78, 5) is 14.8. The van der Waals surface area contributed by atoms with E-state index in [1.54, 1.807) is 24.0 Å². The number of hydrogen-bond acceptors (Lipinski definition) is 5. The number of pyridine rings is 1. The third-order valence-electron chi connectivity index (χ3n) is 3.19. The first-order valence-electron chi connectivity index (χ1n) is 6.53. The van der Waals surface area contributed by atoms with Crippen molar-refractivity contribution < 1.29 is 9.90 Å². The summed E-state index contributed by atoms with van der Waals surface area (Å²) in [5, 5.41) is 20.4. The highest BCUT2D eigenvalue weighted by atomic mass is 16.4. The number of tetrazole rings is 1. The molecule has 0 amide bonds. The Kier molecular flexibility index (Phi) is 4.75. The van der Waals surface area contributed by atoms with Crippen LogP contribution in [-0.4, -0.2) is 36.3 Å². The first kappa shape index (κ1) is 14.1. The van der Waals surface area contributed by atoms with Gasteiger partial charge in [-0.2, -0.15) is 0 Å². The third-order valence-corrected chi connectivity index (χ3v) is 3.19. The van der Waals surface area contributed by atoms with Crippen LogP contribution in [0.5, 0.6) is 0 Å². The number of carboxylic acids is 1. The van der Waals surface area contributed by atoms with Crippen molar-refractivity contribution in [2.45, 2.75) is 32.7 Å². The van der Waals surface area contributed by atoms with E-state index in [-0.39, 0.29) is 0 Å². The van der Waals surface area contributed by atoms with E-state index < -0.39 is 11.9 Å². The highest BCUT2D eigenvalue weighted by molar-refractivity contribution is 5.69. The molecule has 0 radical (unpaired) electrons. The van der Waals surface area contributed by atoms with Gasteiger partial charge < -0.3 is 5.11 Å². The number of nitrogens with zero attached hydrogens (tertiary/aromatic N) is 5. The fourth-order valence-corrected chi connectivity index (χ4v) is 1.82. The molecule has 0 aliphatic heterocycles. The Morgan fingerprint density at radius 2 is 2.10 bits per heavy atom. The summed E-state index contributed by atoms with van der Waals surface area (Å²) in [5.41, 5.74) is 1.17. The van der Waals surface area contributed by atoms with Crippen molar-refractivity contribution in [3.05, 3.63) is 35.9 Å². The monoisotopic (exact) mass is 275 g/mol. The fraction of sp³-hybridized carbons (Fsp3) is 0.462. The number of rotatable bonds is 7. The molecule has 0 bridgehead atoms. The molecule has 2 heterocycles. The normalized spacial score (nSPS) is 12.2. The maximum Gasteiger partial charge on any atom is 0.306 e. The van der Waals surface area contributed by atoms with Crippen molar-refractivity contribution in [3.63, 3.8) is 0 Å². The van der Waals surface area contributed by atoms with Gasteiger partial charge in [-0.3, -0.25) is 9.78 Å². The predicted octanol–water partition coefficient (Wildman–Crippen LogP) is 0.964. The minimum Gasteiger partial charge on any atom is -0.481 e. The lowest BCUT2D eigenvalue weighted by molar-refractivity contribution is -0.141. The quantitative estimate of drug-likeness (QED) is 0.809. The molecule has 2 aromatic rings. The molecule has 1 atom stereocenters. The summed E-state index contributed by atoms with van der Waals surface area (Å²) in [6, 6.07) is 3.92. The number of carbonyl (C=O) groups is 1. The maximum absolute atomic E-state index is 10.8. The molecule has 0 fully saturated rings. The number of aromatic nitrogens is 5. The van der Waals surface area contributed by atoms with Gasteiger partial charge in [-0.25, -0.2) is 4.68 Å². The van der Waals surface area contributed by atoms with Crippen LogP contribution < -0.4 is 0 Å². The second-order valence-electron chi connectivity index (χ2n) is 4.70. The van der Waals surface area contributed by atoms with E-state index >= 15 is 0 Å². The summed E-state index contributed by atoms with van der Waals surface area (Å²) in [6.07, 6.45) is 5.58. The predicted molar refractivity (Wildman–Crippen MR) is 70.9 cm³/mol. The van der Waals surface area contributed by atoms with E-state index in [1.165, 1.54) is 5.56 Å². The van der Waals surface area contributed by atoms with Crippen molar-refractivity contribution in [2.24, 2.45) is 5.92 Å². The Morgan fingerprint density at radius 1 is 1.35 bits per heavy atom. The molecule has 2 aromatic heterocycles. The zero-order valence-corrected chi connectivity index (χ0v) is 11.3. The van der Waals surface area contributed by atoms with Crippen LogP contribution in [0.15, 0.2) is 24.5 Å². The van der Waals surface area contributed by atoms with E-state index in [4.69, 9.17) is 5.11 Å². The smallest absolute Gasteiger partial charge is 0.306 e. The Labute approximate surface area is 116 Å². The van der Waals surface area contributed by atoms with Gasteiger partial charge in [0.2, 0.25) is 0 Å². The number of carboxylic acid groups (broad SMARTS) is 1. The highest BCUT2D eigenvalue weighted by Crippen LogP contribution is 2.07. The molecule has 1 N–H and O–H groups in total. The Bertz CT molecular complexity index is 555. The molecule has 0 aromatic carbocycles. The van der Waals surface area contributed by atoms with E-state index in [9.17, 15) is 4.79 Å². The number of aliphatic carboxylic acids is 1. The Hall–Kier alpha value is -2.31. The number of aryl methyl sites for hydroxylation is 3. The van der Waals surface area contributed by atoms with Gasteiger partial charge in [0.1, 0.15) is 0 Å². The lowest BCUT2D eigenvalue weighted by atomic mass is 10.1. The lowest BCUT2D eigenvalue weighted by Gasteiger charge is -2.07. The second-order valence-corrected chi connectivity index (χ2v) is 4.70. The van der Waals surface area contributed by atoms with E-state index in [2.05, 4.69) is 20.5 Å². The zero-order valence-electron chi connectivity index (χ0n) is 11.3. The van der Waals surface area contributed by atoms with Gasteiger partial charge >= 0.3 is 5.97 Å². The molecule has 1 unspecified atom stereocenters. The first-order chi connectivity index (χ1) is 9.66. The molecule has 20 heavy (non-hydrogen) atoms. The van der Waals surface area contributed by atoms with Gasteiger partial charge in [-0.15, -0.1) is 5.10 Å². The number of hydrogen-bond donors (Lipinski definition) is 1. The molecular weight excluding hydrogens is 258 g/mol. The SMILES string of the molecule is CC(CCn1nnnc1CCc1ccncc1)C(=O)O. The van der Waals surface area contributed by atoms with Gasteiger partial charge in [-0.1, -0.05) is 6.92 Å². The molecule has 7 heteroatoms. The summed E-state index contributed by atoms with van der Waals surface area (Å²) in [6.45, 7) is 2.20. The minimum atomic E-state index is -0.795. The Balaban J connectivity index is 1.90.